The summed E-state index contributed by atoms with van der Waals surface area (Å²) in [4.78, 5) is 79.2. The summed E-state index contributed by atoms with van der Waals surface area (Å²) < 4.78 is 44.2. The third-order valence-corrected chi connectivity index (χ3v) is 27.0. The highest BCUT2D eigenvalue weighted by Gasteiger charge is 2.67. The summed E-state index contributed by atoms with van der Waals surface area (Å²) in [7, 11) is 0. The lowest BCUT2D eigenvalue weighted by molar-refractivity contribution is -0.383. The number of hydrogen-bond donors (Lipinski definition) is 5. The van der Waals surface area contributed by atoms with E-state index in [9.17, 15) is 39.2 Å². The highest BCUT2D eigenvalue weighted by Crippen LogP contribution is 2.70. The number of carboxylic acids is 1. The van der Waals surface area contributed by atoms with Crippen molar-refractivity contribution >= 4 is 52.6 Å². The molecule has 23 heteroatoms. The minimum absolute atomic E-state index is 0.0198. The highest BCUT2D eigenvalue weighted by molar-refractivity contribution is 5.93. The van der Waals surface area contributed by atoms with Gasteiger partial charge in [-0.3, -0.25) is 19.7 Å². The maximum atomic E-state index is 13.9. The topological polar surface area (TPSA) is 294 Å². The molecule has 8 aromatic rings. The second kappa shape index (κ2) is 36.3. The van der Waals surface area contributed by atoms with Gasteiger partial charge in [0.2, 0.25) is 11.4 Å². The second-order valence-corrected chi connectivity index (χ2v) is 33.3. The summed E-state index contributed by atoms with van der Waals surface area (Å²) >= 11 is 0. The maximum absolute atomic E-state index is 13.9. The Balaban J connectivity index is 0.604. The van der Waals surface area contributed by atoms with Crippen LogP contribution in [0, 0.1) is 56.5 Å². The zero-order valence-electron chi connectivity index (χ0n) is 66.2. The SMILES string of the molecule is C[C@H](CCCN(CC(=O)O)C(=O)CCCCCNc1ccc([N+](=O)[O-])c2nonc12)[C@H]1CCC2C3C(C[C@H](OCCCNC(=O)OCC4c5ccccc5-c5ccccc54)[C@@]21C)[C@@]1(C)CC[C@@H](OCCCNC(=O)OCC2c4ccccc4-c4ccccc42)CC1C[C@H]3OCCCNC(=O)OCC1c2ccccc2-c2ccccc21. The van der Waals surface area contributed by atoms with Gasteiger partial charge in [0, 0.05) is 88.2 Å². The minimum atomic E-state index is -1.07. The summed E-state index contributed by atoms with van der Waals surface area (Å²) in [6, 6.07) is 52.8. The normalized spacial score (nSPS) is 23.0. The first-order chi connectivity index (χ1) is 56.0. The minimum Gasteiger partial charge on any atom is -0.480 e. The Morgan fingerprint density at radius 3 is 1.55 bits per heavy atom. The van der Waals surface area contributed by atoms with Crippen LogP contribution in [0.15, 0.2) is 162 Å². The summed E-state index contributed by atoms with van der Waals surface area (Å²) in [5, 5.41) is 41.6. The predicted octanol–water partition coefficient (Wildman–Crippen LogP) is 17.3. The van der Waals surface area contributed by atoms with E-state index in [2.05, 4.69) is 125 Å². The number of nitro benzene ring substituents is 1. The number of amides is 4. The van der Waals surface area contributed by atoms with Gasteiger partial charge >= 0.3 is 29.9 Å². The number of benzene rings is 7. The Kier molecular flexibility index (Phi) is 25.2. The maximum Gasteiger partial charge on any atom is 0.407 e. The Labute approximate surface area is 672 Å². The second-order valence-electron chi connectivity index (χ2n) is 33.3. The van der Waals surface area contributed by atoms with Gasteiger partial charge in [0.05, 0.1) is 28.9 Å². The van der Waals surface area contributed by atoms with Gasteiger partial charge in [-0.1, -0.05) is 173 Å². The number of aliphatic carboxylic acids is 1. The van der Waals surface area contributed by atoms with Crippen molar-refractivity contribution in [3.63, 3.8) is 0 Å². The zero-order chi connectivity index (χ0) is 79.6. The van der Waals surface area contributed by atoms with E-state index in [1.165, 1.54) is 55.5 Å². The van der Waals surface area contributed by atoms with Gasteiger partial charge in [-0.15, -0.1) is 0 Å². The molecule has 4 fully saturated rings. The van der Waals surface area contributed by atoms with Crippen LogP contribution in [-0.4, -0.2) is 153 Å². The average molecular weight is 1570 g/mol. The van der Waals surface area contributed by atoms with Gasteiger partial charge < -0.3 is 59.7 Å². The van der Waals surface area contributed by atoms with Crippen molar-refractivity contribution in [2.45, 2.75) is 160 Å². The van der Waals surface area contributed by atoms with Gasteiger partial charge in [0.1, 0.15) is 26.4 Å². The summed E-state index contributed by atoms with van der Waals surface area (Å²) in [5.74, 6) is -0.0955. The molecule has 606 valence electrons. The van der Waals surface area contributed by atoms with E-state index in [1.54, 1.807) is 6.07 Å². The number of fused-ring (bicyclic) bond motifs is 15. The van der Waals surface area contributed by atoms with E-state index in [-0.39, 0.29) is 131 Å². The van der Waals surface area contributed by atoms with Crippen molar-refractivity contribution in [3.8, 4) is 33.4 Å². The van der Waals surface area contributed by atoms with Crippen LogP contribution in [0.5, 0.6) is 0 Å². The van der Waals surface area contributed by atoms with Crippen molar-refractivity contribution in [1.29, 1.82) is 0 Å². The molecule has 7 aliphatic rings. The Bertz CT molecular complexity index is 4650. The van der Waals surface area contributed by atoms with Crippen molar-refractivity contribution in [1.82, 2.24) is 31.2 Å². The van der Waals surface area contributed by atoms with Gasteiger partial charge in [-0.2, -0.15) is 0 Å². The van der Waals surface area contributed by atoms with Crippen LogP contribution in [0.25, 0.3) is 44.4 Å². The van der Waals surface area contributed by atoms with E-state index in [1.807, 2.05) is 72.8 Å². The van der Waals surface area contributed by atoms with Gasteiger partial charge in [0.25, 0.3) is 0 Å². The molecule has 4 unspecified atom stereocenters. The molecule has 0 aliphatic heterocycles. The van der Waals surface area contributed by atoms with E-state index in [0.29, 0.717) is 103 Å². The Hall–Kier alpha value is -10.2. The summed E-state index contributed by atoms with van der Waals surface area (Å²) in [6.07, 6.45) is 10.1. The van der Waals surface area contributed by atoms with Gasteiger partial charge in [-0.05, 0) is 214 Å². The van der Waals surface area contributed by atoms with Crippen molar-refractivity contribution in [2.75, 3.05) is 84.2 Å². The molecule has 23 nitrogen and oxygen atoms in total. The molecule has 11 atom stereocenters. The summed E-state index contributed by atoms with van der Waals surface area (Å²) in [6.45, 7) is 10.9. The van der Waals surface area contributed by atoms with Crippen molar-refractivity contribution < 1.29 is 67.1 Å². The molecule has 7 aromatic carbocycles. The lowest BCUT2D eigenvalue weighted by atomic mass is 9.43. The van der Waals surface area contributed by atoms with E-state index >= 15 is 0 Å². The number of rotatable bonds is 36. The van der Waals surface area contributed by atoms with E-state index in [0.717, 1.165) is 73.6 Å². The molecule has 0 spiro atoms. The smallest absolute Gasteiger partial charge is 0.407 e. The summed E-state index contributed by atoms with van der Waals surface area (Å²) in [5.41, 5.74) is 14.3. The first kappa shape index (κ1) is 80.0. The Morgan fingerprint density at radius 1 is 0.557 bits per heavy atom. The van der Waals surface area contributed by atoms with Crippen LogP contribution in [0.4, 0.5) is 25.8 Å². The number of hydrogen-bond acceptors (Lipinski definition) is 17. The van der Waals surface area contributed by atoms with Gasteiger partial charge in [0.15, 0.2) is 5.52 Å². The molecule has 115 heavy (non-hydrogen) atoms. The number of alkyl carbamates (subject to hydrolysis) is 3. The largest absolute Gasteiger partial charge is 0.480 e. The number of nitrogens with zero attached hydrogens (tertiary/aromatic N) is 4. The fourth-order valence-corrected chi connectivity index (χ4v) is 21.4. The standard InChI is InChI=1S/C92H108N8O15/c1-58(23-19-47-99(54-84(102)103)83(101)36-5-4-18-43-93-79-39-40-80(100(107)108)87-86(79)97-115-98-87)76-37-38-77-85-78(53-82(92(76,77)3)111-50-22-46-96-90(106)114-57-75-71-34-16-10-28-65(71)66-29-11-17-35-72(66)75)91(2)42-41-60(109-48-20-44-94-88(104)112-55-73-67-30-12-6-24-61(67)62-25-7-13-31-68(62)73)51-59(91)52-81(85)110-49-21-45-95-89(105)113-56-74-69-32-14-8-26-63(69)64-27-9-15-33-70(64)74/h6-17,24-35,39-40,58-60,73-78,81-82,85,93H,4-5,18-23,36-38,41-57H2,1-3H3,(H,94,104)(H,95,105)(H,96,106)(H,102,103)/t58-,59?,60-,76-,77?,78?,81-,82+,85?,91+,92-/m1/s1. The first-order valence-corrected chi connectivity index (χ1v) is 41.8. The van der Waals surface area contributed by atoms with Crippen LogP contribution in [0.1, 0.15) is 175 Å². The van der Waals surface area contributed by atoms with Crippen LogP contribution < -0.4 is 21.3 Å². The molecule has 7 aliphatic carbocycles. The van der Waals surface area contributed by atoms with Crippen LogP contribution in [0.3, 0.4) is 0 Å². The van der Waals surface area contributed by atoms with Crippen molar-refractivity contribution in [3.05, 3.63) is 201 Å². The van der Waals surface area contributed by atoms with Crippen molar-refractivity contribution in [2.24, 2.45) is 46.3 Å². The molecule has 0 saturated heterocycles. The number of anilines is 1. The Morgan fingerprint density at radius 2 is 1.04 bits per heavy atom. The average Bonchev–Trinajstić information content (AvgIpc) is 1.35. The number of nitrogens with one attached hydrogen (secondary N) is 4. The number of aromatic nitrogens is 2. The van der Waals surface area contributed by atoms with E-state index in [4.69, 9.17) is 33.1 Å². The van der Waals surface area contributed by atoms with Crippen LogP contribution in [0.2, 0.25) is 0 Å². The fourth-order valence-electron chi connectivity index (χ4n) is 21.4. The number of nitro groups is 1. The fraction of sp³-hybridized carbons (Fsp3) is 0.489. The molecular formula is C92H108N8O15. The molecule has 1 aromatic heterocycles. The first-order valence-electron chi connectivity index (χ1n) is 41.8. The van der Waals surface area contributed by atoms with Gasteiger partial charge in [-0.25, -0.2) is 19.0 Å². The third-order valence-electron chi connectivity index (χ3n) is 27.0. The monoisotopic (exact) mass is 1560 g/mol. The number of ether oxygens (including phenoxy) is 6. The van der Waals surface area contributed by atoms with E-state index < -0.39 is 35.7 Å². The number of carbonyl (C=O) groups is 5. The molecular weight excluding hydrogens is 1460 g/mol. The predicted molar refractivity (Wildman–Crippen MR) is 436 cm³/mol. The lowest BCUT2D eigenvalue weighted by Crippen LogP contribution is -2.63. The number of carboxylic acid groups (broad SMARTS) is 1. The molecule has 4 amide bonds. The number of unbranched alkanes of at least 4 members (excludes halogenated alkanes) is 2. The van der Waals surface area contributed by atoms with Crippen LogP contribution in [-0.2, 0) is 38.0 Å². The molecule has 15 rings (SSSR count). The highest BCUT2D eigenvalue weighted by atomic mass is 16.6. The molecule has 0 radical (unpaired) electrons. The number of non-ortho nitro benzene ring substituents is 1. The lowest BCUT2D eigenvalue weighted by Gasteiger charge is -2.65. The number of carbonyl (C=O) groups excluding carboxylic acids is 4. The zero-order valence-corrected chi connectivity index (χ0v) is 66.2. The third kappa shape index (κ3) is 17.2. The molecule has 0 bridgehead atoms. The molecule has 1 heterocycles. The quantitative estimate of drug-likeness (QED) is 0.0105. The molecule has 4 saturated carbocycles. The van der Waals surface area contributed by atoms with Crippen LogP contribution >= 0.6 is 0 Å². The molecule has 5 N–H and O–H groups in total.